The lowest BCUT2D eigenvalue weighted by atomic mass is 9.90. The van der Waals surface area contributed by atoms with E-state index < -0.39 is 23.1 Å². The standard InChI is InChI=1S/C16H16O5/c1-16(15(19)20-2)8-12(13(17)9-16)14(18)21-10-11-6-4-3-5-7-11/h3-8H,9-10H2,1-2H3. The van der Waals surface area contributed by atoms with E-state index in [0.29, 0.717) is 0 Å². The van der Waals surface area contributed by atoms with Gasteiger partial charge < -0.3 is 9.47 Å². The molecule has 0 aliphatic heterocycles. The highest BCUT2D eigenvalue weighted by Gasteiger charge is 2.43. The second kappa shape index (κ2) is 5.91. The zero-order valence-corrected chi connectivity index (χ0v) is 11.9. The Kier molecular flexibility index (Phi) is 4.21. The average molecular weight is 288 g/mol. The van der Waals surface area contributed by atoms with Gasteiger partial charge >= 0.3 is 11.9 Å². The van der Waals surface area contributed by atoms with Gasteiger partial charge in [-0.3, -0.25) is 9.59 Å². The number of rotatable bonds is 4. The van der Waals surface area contributed by atoms with Crippen molar-refractivity contribution in [2.45, 2.75) is 20.0 Å². The lowest BCUT2D eigenvalue weighted by molar-refractivity contribution is -0.150. The summed E-state index contributed by atoms with van der Waals surface area (Å²) >= 11 is 0. The number of ketones is 1. The predicted molar refractivity (Wildman–Crippen MR) is 74.1 cm³/mol. The minimum atomic E-state index is -1.09. The molecule has 0 fully saturated rings. The molecule has 0 heterocycles. The van der Waals surface area contributed by atoms with Crippen LogP contribution in [0.4, 0.5) is 0 Å². The van der Waals surface area contributed by atoms with Gasteiger partial charge in [0.2, 0.25) is 0 Å². The molecule has 1 aliphatic carbocycles. The van der Waals surface area contributed by atoms with Gasteiger partial charge in [-0.15, -0.1) is 0 Å². The molecule has 2 rings (SSSR count). The summed E-state index contributed by atoms with van der Waals surface area (Å²) in [7, 11) is 1.25. The van der Waals surface area contributed by atoms with Gasteiger partial charge in [-0.1, -0.05) is 30.3 Å². The Bertz CT molecular complexity index is 602. The van der Waals surface area contributed by atoms with Gasteiger partial charge in [-0.25, -0.2) is 4.79 Å². The minimum Gasteiger partial charge on any atom is -0.468 e. The molecule has 21 heavy (non-hydrogen) atoms. The number of hydrogen-bond donors (Lipinski definition) is 0. The molecule has 0 spiro atoms. The van der Waals surface area contributed by atoms with Gasteiger partial charge in [0.15, 0.2) is 5.78 Å². The maximum absolute atomic E-state index is 12.0. The van der Waals surface area contributed by atoms with Crippen molar-refractivity contribution in [1.29, 1.82) is 0 Å². The van der Waals surface area contributed by atoms with E-state index in [1.54, 1.807) is 6.92 Å². The van der Waals surface area contributed by atoms with Crippen molar-refractivity contribution >= 4 is 17.7 Å². The van der Waals surface area contributed by atoms with Crippen molar-refractivity contribution in [1.82, 2.24) is 0 Å². The first-order valence-electron chi connectivity index (χ1n) is 6.52. The van der Waals surface area contributed by atoms with Crippen molar-refractivity contribution in [2.75, 3.05) is 7.11 Å². The van der Waals surface area contributed by atoms with Crippen molar-refractivity contribution < 1.29 is 23.9 Å². The first-order valence-corrected chi connectivity index (χ1v) is 6.52. The van der Waals surface area contributed by atoms with Crippen LogP contribution in [0.2, 0.25) is 0 Å². The van der Waals surface area contributed by atoms with Crippen LogP contribution >= 0.6 is 0 Å². The summed E-state index contributed by atoms with van der Waals surface area (Å²) in [4.78, 5) is 35.5. The maximum Gasteiger partial charge on any atom is 0.341 e. The van der Waals surface area contributed by atoms with Crippen molar-refractivity contribution in [2.24, 2.45) is 5.41 Å². The van der Waals surface area contributed by atoms with E-state index in [1.807, 2.05) is 30.3 Å². The van der Waals surface area contributed by atoms with Gasteiger partial charge in [0, 0.05) is 6.42 Å². The zero-order chi connectivity index (χ0) is 15.5. The number of hydrogen-bond acceptors (Lipinski definition) is 5. The Hall–Kier alpha value is -2.43. The summed E-state index contributed by atoms with van der Waals surface area (Å²) in [6, 6.07) is 9.15. The van der Waals surface area contributed by atoms with Crippen LogP contribution < -0.4 is 0 Å². The van der Waals surface area contributed by atoms with Crippen LogP contribution in [0.3, 0.4) is 0 Å². The summed E-state index contributed by atoms with van der Waals surface area (Å²) in [5, 5.41) is 0. The summed E-state index contributed by atoms with van der Waals surface area (Å²) in [6.07, 6.45) is 1.27. The molecule has 0 aromatic heterocycles. The molecule has 110 valence electrons. The van der Waals surface area contributed by atoms with Crippen LogP contribution in [0.25, 0.3) is 0 Å². The fraction of sp³-hybridized carbons (Fsp3) is 0.312. The Balaban J connectivity index is 2.07. The molecule has 1 aromatic carbocycles. The predicted octanol–water partition coefficient (Wildman–Crippen LogP) is 1.81. The highest BCUT2D eigenvalue weighted by molar-refractivity contribution is 6.20. The number of benzene rings is 1. The number of carbonyl (C=O) groups excluding carboxylic acids is 3. The number of esters is 2. The van der Waals surface area contributed by atoms with Crippen LogP contribution in [-0.4, -0.2) is 24.8 Å². The molecular formula is C16H16O5. The molecule has 0 N–H and O–H groups in total. The van der Waals surface area contributed by atoms with E-state index >= 15 is 0 Å². The van der Waals surface area contributed by atoms with Gasteiger partial charge in [-0.2, -0.15) is 0 Å². The van der Waals surface area contributed by atoms with E-state index in [2.05, 4.69) is 4.74 Å². The van der Waals surface area contributed by atoms with E-state index in [0.717, 1.165) is 5.56 Å². The highest BCUT2D eigenvalue weighted by Crippen LogP contribution is 2.35. The van der Waals surface area contributed by atoms with Crippen molar-refractivity contribution in [3.8, 4) is 0 Å². The van der Waals surface area contributed by atoms with Gasteiger partial charge in [-0.05, 0) is 18.6 Å². The zero-order valence-electron chi connectivity index (χ0n) is 11.9. The van der Waals surface area contributed by atoms with Crippen LogP contribution in [0, 0.1) is 5.41 Å². The first kappa shape index (κ1) is 15.0. The van der Waals surface area contributed by atoms with E-state index in [1.165, 1.54) is 13.2 Å². The molecule has 0 saturated heterocycles. The summed E-state index contributed by atoms with van der Waals surface area (Å²) < 4.78 is 9.76. The molecule has 1 unspecified atom stereocenters. The van der Waals surface area contributed by atoms with Crippen LogP contribution in [0.1, 0.15) is 18.9 Å². The Morgan fingerprint density at radius 3 is 2.52 bits per heavy atom. The molecule has 5 heteroatoms. The molecule has 1 aromatic rings. The summed E-state index contributed by atoms with van der Waals surface area (Å²) in [5.74, 6) is -1.65. The second-order valence-corrected chi connectivity index (χ2v) is 5.13. The van der Waals surface area contributed by atoms with Crippen LogP contribution in [-0.2, 0) is 30.5 Å². The third-order valence-electron chi connectivity index (χ3n) is 3.38. The molecule has 0 radical (unpaired) electrons. The molecule has 0 amide bonds. The molecule has 0 saturated carbocycles. The SMILES string of the molecule is COC(=O)C1(C)C=C(C(=O)OCc2ccccc2)C(=O)C1. The van der Waals surface area contributed by atoms with E-state index in [9.17, 15) is 14.4 Å². The van der Waals surface area contributed by atoms with Gasteiger partial charge in [0.1, 0.15) is 6.61 Å². The normalized spacial score (nSPS) is 20.9. The van der Waals surface area contributed by atoms with Gasteiger partial charge in [0.05, 0.1) is 18.1 Å². The Labute approximate surface area is 122 Å². The van der Waals surface area contributed by atoms with Crippen molar-refractivity contribution in [3.63, 3.8) is 0 Å². The quantitative estimate of drug-likeness (QED) is 0.624. The summed E-state index contributed by atoms with van der Waals surface area (Å²) in [6.45, 7) is 1.65. The van der Waals surface area contributed by atoms with Crippen LogP contribution in [0.5, 0.6) is 0 Å². The minimum absolute atomic E-state index is 0.0740. The third-order valence-corrected chi connectivity index (χ3v) is 3.38. The highest BCUT2D eigenvalue weighted by atomic mass is 16.5. The molecule has 0 bridgehead atoms. The monoisotopic (exact) mass is 288 g/mol. The smallest absolute Gasteiger partial charge is 0.341 e. The second-order valence-electron chi connectivity index (χ2n) is 5.13. The molecular weight excluding hydrogens is 272 g/mol. The van der Waals surface area contributed by atoms with Gasteiger partial charge in [0.25, 0.3) is 0 Å². The topological polar surface area (TPSA) is 69.7 Å². The fourth-order valence-electron chi connectivity index (χ4n) is 2.22. The first-order chi connectivity index (χ1) is 9.96. The fourth-order valence-corrected chi connectivity index (χ4v) is 2.22. The number of ether oxygens (including phenoxy) is 2. The Morgan fingerprint density at radius 2 is 1.90 bits per heavy atom. The number of Topliss-reactive ketones (excluding diaryl/α,β-unsaturated/α-hetero) is 1. The average Bonchev–Trinajstić information content (AvgIpc) is 2.81. The molecule has 5 nitrogen and oxygen atoms in total. The van der Waals surface area contributed by atoms with Crippen LogP contribution in [0.15, 0.2) is 42.0 Å². The lowest BCUT2D eigenvalue weighted by Gasteiger charge is -2.16. The molecule has 1 aliphatic rings. The van der Waals surface area contributed by atoms with E-state index in [4.69, 9.17) is 4.74 Å². The largest absolute Gasteiger partial charge is 0.468 e. The number of carbonyl (C=O) groups is 3. The Morgan fingerprint density at radius 1 is 1.24 bits per heavy atom. The van der Waals surface area contributed by atoms with E-state index in [-0.39, 0.29) is 18.6 Å². The van der Waals surface area contributed by atoms with Crippen molar-refractivity contribution in [3.05, 3.63) is 47.5 Å². The lowest BCUT2D eigenvalue weighted by Crippen LogP contribution is -2.25. The summed E-state index contributed by atoms with van der Waals surface area (Å²) in [5.41, 5.74) is -0.348. The number of methoxy groups -OCH3 is 1. The molecule has 1 atom stereocenters. The maximum atomic E-state index is 12.0. The third kappa shape index (κ3) is 3.18.